The van der Waals surface area contributed by atoms with Crippen LogP contribution >= 0.6 is 0 Å². The van der Waals surface area contributed by atoms with Crippen molar-refractivity contribution in [2.45, 2.75) is 19.1 Å². The standard InChI is InChI=1S/C25H22N2O3/c28-17-10-11-18-20(14-17)24(30-25(18)29)23-19-8-4-5-9-21(19)27-22(23)15-26-13-12-16-6-2-1-3-7-16/h1-11,14,24,26-28H,12-13,15H2. The highest BCUT2D eigenvalue weighted by Crippen LogP contribution is 2.41. The van der Waals surface area contributed by atoms with E-state index in [2.05, 4.69) is 22.4 Å². The maximum absolute atomic E-state index is 12.4. The number of carbonyl (C=O) groups excluding carboxylic acids is 1. The third-order valence-electron chi connectivity index (χ3n) is 5.59. The lowest BCUT2D eigenvalue weighted by Gasteiger charge is -2.14. The molecule has 2 heterocycles. The molecule has 1 aliphatic rings. The Bertz CT molecular complexity index is 1210. The first kappa shape index (κ1) is 18.5. The Hall–Kier alpha value is -3.57. The number of H-pyrrole nitrogens is 1. The van der Waals surface area contributed by atoms with E-state index in [-0.39, 0.29) is 11.7 Å². The van der Waals surface area contributed by atoms with Gasteiger partial charge in [0.15, 0.2) is 6.10 Å². The van der Waals surface area contributed by atoms with Crippen LogP contribution in [0.2, 0.25) is 0 Å². The van der Waals surface area contributed by atoms with Crippen molar-refractivity contribution in [3.05, 3.63) is 101 Å². The molecule has 4 aromatic rings. The minimum atomic E-state index is -0.540. The zero-order chi connectivity index (χ0) is 20.5. The lowest BCUT2D eigenvalue weighted by molar-refractivity contribution is 0.0456. The molecule has 0 aliphatic carbocycles. The smallest absolute Gasteiger partial charge is 0.339 e. The average Bonchev–Trinajstić information content (AvgIpc) is 3.28. The first-order valence-electron chi connectivity index (χ1n) is 10.1. The van der Waals surface area contributed by atoms with Crippen molar-refractivity contribution in [2.75, 3.05) is 6.54 Å². The largest absolute Gasteiger partial charge is 0.508 e. The molecule has 3 aromatic carbocycles. The third kappa shape index (κ3) is 3.33. The van der Waals surface area contributed by atoms with E-state index in [1.165, 1.54) is 11.6 Å². The molecule has 0 fully saturated rings. The van der Waals surface area contributed by atoms with E-state index in [0.29, 0.717) is 17.7 Å². The first-order chi connectivity index (χ1) is 14.7. The van der Waals surface area contributed by atoms with Crippen LogP contribution < -0.4 is 5.32 Å². The highest BCUT2D eigenvalue weighted by Gasteiger charge is 2.35. The Labute approximate surface area is 174 Å². The molecular weight excluding hydrogens is 376 g/mol. The second-order valence-electron chi connectivity index (χ2n) is 7.53. The van der Waals surface area contributed by atoms with E-state index < -0.39 is 6.10 Å². The molecule has 1 aliphatic heterocycles. The third-order valence-corrected chi connectivity index (χ3v) is 5.59. The van der Waals surface area contributed by atoms with Gasteiger partial charge in [-0.1, -0.05) is 48.5 Å². The number of rotatable bonds is 6. The molecule has 1 aromatic heterocycles. The summed E-state index contributed by atoms with van der Waals surface area (Å²) in [4.78, 5) is 15.9. The molecule has 1 unspecified atom stereocenters. The minimum Gasteiger partial charge on any atom is -0.508 e. The van der Waals surface area contributed by atoms with Crippen LogP contribution in [0.25, 0.3) is 10.9 Å². The molecule has 150 valence electrons. The normalized spacial score (nSPS) is 15.3. The predicted octanol–water partition coefficient (Wildman–Crippen LogP) is 4.47. The van der Waals surface area contributed by atoms with Crippen molar-refractivity contribution in [3.63, 3.8) is 0 Å². The summed E-state index contributed by atoms with van der Waals surface area (Å²) < 4.78 is 5.76. The molecule has 0 saturated heterocycles. The fourth-order valence-corrected chi connectivity index (χ4v) is 4.15. The molecule has 1 atom stereocenters. The van der Waals surface area contributed by atoms with E-state index in [9.17, 15) is 9.90 Å². The average molecular weight is 398 g/mol. The van der Waals surface area contributed by atoms with Gasteiger partial charge in [0.1, 0.15) is 5.75 Å². The number of benzene rings is 3. The van der Waals surface area contributed by atoms with E-state index in [4.69, 9.17) is 4.74 Å². The van der Waals surface area contributed by atoms with Crippen molar-refractivity contribution in [1.82, 2.24) is 10.3 Å². The summed E-state index contributed by atoms with van der Waals surface area (Å²) in [6.07, 6.45) is 0.396. The van der Waals surface area contributed by atoms with Gasteiger partial charge in [-0.05, 0) is 42.8 Å². The molecule has 3 N–H and O–H groups in total. The molecule has 30 heavy (non-hydrogen) atoms. The molecule has 0 saturated carbocycles. The lowest BCUT2D eigenvalue weighted by Crippen LogP contribution is -2.18. The van der Waals surface area contributed by atoms with Crippen molar-refractivity contribution < 1.29 is 14.6 Å². The van der Waals surface area contributed by atoms with Gasteiger partial charge in [-0.15, -0.1) is 0 Å². The Morgan fingerprint density at radius 3 is 2.67 bits per heavy atom. The number of hydrogen-bond acceptors (Lipinski definition) is 4. The van der Waals surface area contributed by atoms with Crippen molar-refractivity contribution in [2.24, 2.45) is 0 Å². The van der Waals surface area contributed by atoms with Gasteiger partial charge >= 0.3 is 5.97 Å². The van der Waals surface area contributed by atoms with Crippen molar-refractivity contribution in [3.8, 4) is 5.75 Å². The van der Waals surface area contributed by atoms with Gasteiger partial charge in [0.2, 0.25) is 0 Å². The van der Waals surface area contributed by atoms with Crippen molar-refractivity contribution in [1.29, 1.82) is 0 Å². The highest BCUT2D eigenvalue weighted by atomic mass is 16.5. The number of phenolic OH excluding ortho intramolecular Hbond substituents is 1. The van der Waals surface area contributed by atoms with Gasteiger partial charge in [0.05, 0.1) is 5.56 Å². The zero-order valence-corrected chi connectivity index (χ0v) is 16.4. The summed E-state index contributed by atoms with van der Waals surface area (Å²) in [6.45, 7) is 1.46. The van der Waals surface area contributed by atoms with Crippen LogP contribution in [0, 0.1) is 0 Å². The van der Waals surface area contributed by atoms with Crippen LogP contribution in [0.15, 0.2) is 72.8 Å². The molecule has 5 rings (SSSR count). The van der Waals surface area contributed by atoms with Gasteiger partial charge in [-0.2, -0.15) is 0 Å². The minimum absolute atomic E-state index is 0.124. The molecule has 5 nitrogen and oxygen atoms in total. The Kier molecular flexibility index (Phi) is 4.73. The number of cyclic esters (lactones) is 1. The molecule has 0 radical (unpaired) electrons. The van der Waals surface area contributed by atoms with E-state index in [0.717, 1.165) is 35.1 Å². The van der Waals surface area contributed by atoms with E-state index in [1.54, 1.807) is 12.1 Å². The number of esters is 1. The summed E-state index contributed by atoms with van der Waals surface area (Å²) in [7, 11) is 0. The molecule has 0 spiro atoms. The van der Waals surface area contributed by atoms with Crippen molar-refractivity contribution >= 4 is 16.9 Å². The van der Waals surface area contributed by atoms with E-state index in [1.807, 2.05) is 42.5 Å². The molecule has 0 amide bonds. The van der Waals surface area contributed by atoms with Crippen LogP contribution in [0.5, 0.6) is 5.75 Å². The number of fused-ring (bicyclic) bond motifs is 2. The molecule has 0 bridgehead atoms. The number of aromatic nitrogens is 1. The second kappa shape index (κ2) is 7.69. The second-order valence-corrected chi connectivity index (χ2v) is 7.53. The Balaban J connectivity index is 1.45. The maximum Gasteiger partial charge on any atom is 0.339 e. The number of aromatic amines is 1. The van der Waals surface area contributed by atoms with Gasteiger partial charge in [-0.25, -0.2) is 4.79 Å². The molecule has 5 heteroatoms. The summed E-state index contributed by atoms with van der Waals surface area (Å²) in [5.41, 5.74) is 5.42. The summed E-state index contributed by atoms with van der Waals surface area (Å²) in [5.74, 6) is -0.234. The zero-order valence-electron chi connectivity index (χ0n) is 16.4. The fraction of sp³-hybridized carbons (Fsp3) is 0.160. The SMILES string of the molecule is O=C1OC(c2c(CNCCc3ccccc3)[nH]c3ccccc23)c2cc(O)ccc21. The monoisotopic (exact) mass is 398 g/mol. The van der Waals surface area contributed by atoms with E-state index >= 15 is 0 Å². The van der Waals surface area contributed by atoms with Crippen LogP contribution in [-0.4, -0.2) is 22.6 Å². The Morgan fingerprint density at radius 1 is 1.00 bits per heavy atom. The van der Waals surface area contributed by atoms with Crippen LogP contribution in [0.4, 0.5) is 0 Å². The number of ether oxygens (including phenoxy) is 1. The number of hydrogen-bond donors (Lipinski definition) is 3. The number of phenols is 1. The Morgan fingerprint density at radius 2 is 1.80 bits per heavy atom. The van der Waals surface area contributed by atoms with Gasteiger partial charge in [-0.3, -0.25) is 0 Å². The van der Waals surface area contributed by atoms with Crippen LogP contribution in [0.1, 0.15) is 38.8 Å². The quantitative estimate of drug-likeness (QED) is 0.331. The van der Waals surface area contributed by atoms with Gasteiger partial charge < -0.3 is 20.1 Å². The maximum atomic E-state index is 12.4. The van der Waals surface area contributed by atoms with Gasteiger partial charge in [0, 0.05) is 34.3 Å². The topological polar surface area (TPSA) is 74.3 Å². The number of nitrogens with one attached hydrogen (secondary N) is 2. The van der Waals surface area contributed by atoms with Crippen LogP contribution in [-0.2, 0) is 17.7 Å². The number of carbonyl (C=O) groups is 1. The fourth-order valence-electron chi connectivity index (χ4n) is 4.15. The summed E-state index contributed by atoms with van der Waals surface area (Å²) in [6, 6.07) is 23.1. The number of aromatic hydroxyl groups is 1. The number of para-hydroxylation sites is 1. The summed E-state index contributed by atoms with van der Waals surface area (Å²) >= 11 is 0. The first-order valence-corrected chi connectivity index (χ1v) is 10.1. The highest BCUT2D eigenvalue weighted by molar-refractivity contribution is 5.96. The lowest BCUT2D eigenvalue weighted by atomic mass is 9.96. The summed E-state index contributed by atoms with van der Waals surface area (Å²) in [5, 5.41) is 14.5. The molecular formula is C25H22N2O3. The van der Waals surface area contributed by atoms with Crippen LogP contribution in [0.3, 0.4) is 0 Å². The van der Waals surface area contributed by atoms with Gasteiger partial charge in [0.25, 0.3) is 0 Å². The predicted molar refractivity (Wildman–Crippen MR) is 116 cm³/mol.